The quantitative estimate of drug-likeness (QED) is 0.343. The number of piperidine rings is 1. The number of aromatic nitrogens is 1. The summed E-state index contributed by atoms with van der Waals surface area (Å²) in [6, 6.07) is 4.24. The van der Waals surface area contributed by atoms with Gasteiger partial charge in [0, 0.05) is 38.9 Å². The highest BCUT2D eigenvalue weighted by Crippen LogP contribution is 2.09. The van der Waals surface area contributed by atoms with E-state index in [0.717, 1.165) is 44.2 Å². The van der Waals surface area contributed by atoms with Gasteiger partial charge in [-0.05, 0) is 25.0 Å². The third-order valence-electron chi connectivity index (χ3n) is 3.84. The largest absolute Gasteiger partial charge is 0.490 e. The fraction of sp³-hybridized carbons (Fsp3) is 0.529. The van der Waals surface area contributed by atoms with Gasteiger partial charge in [-0.2, -0.15) is 0 Å². The molecule has 23 heavy (non-hydrogen) atoms. The highest BCUT2D eigenvalue weighted by molar-refractivity contribution is 5.79. The van der Waals surface area contributed by atoms with Crippen LogP contribution in [0.25, 0.3) is 0 Å². The van der Waals surface area contributed by atoms with Crippen molar-refractivity contribution in [3.8, 4) is 5.75 Å². The second-order valence-electron chi connectivity index (χ2n) is 5.54. The van der Waals surface area contributed by atoms with Gasteiger partial charge in [0.05, 0.1) is 12.7 Å². The summed E-state index contributed by atoms with van der Waals surface area (Å²) >= 11 is 0. The zero-order valence-corrected chi connectivity index (χ0v) is 13.9. The first-order chi connectivity index (χ1) is 11.3. The summed E-state index contributed by atoms with van der Waals surface area (Å²) in [4.78, 5) is 10.7. The second-order valence-corrected chi connectivity index (χ2v) is 5.54. The SMILES string of the molecule is C=CCN1CCC(NC(=NC)NCCOc2cccnc2)CC1. The molecule has 0 unspecified atom stereocenters. The van der Waals surface area contributed by atoms with E-state index in [1.807, 2.05) is 18.2 Å². The second kappa shape index (κ2) is 9.84. The zero-order valence-electron chi connectivity index (χ0n) is 13.9. The number of rotatable bonds is 7. The van der Waals surface area contributed by atoms with Gasteiger partial charge in [-0.15, -0.1) is 6.58 Å². The molecule has 2 rings (SSSR count). The maximum absolute atomic E-state index is 5.61. The standard InChI is InChI=1S/C17H27N5O/c1-3-10-22-11-6-15(7-12-22)21-17(18-2)20-9-13-23-16-5-4-8-19-14-16/h3-5,8,14-15H,1,6-7,9-13H2,2H3,(H2,18,20,21). The number of aliphatic imine (C=N–C) groups is 1. The predicted octanol–water partition coefficient (Wildman–Crippen LogP) is 1.28. The summed E-state index contributed by atoms with van der Waals surface area (Å²) in [5.41, 5.74) is 0. The predicted molar refractivity (Wildman–Crippen MR) is 93.9 cm³/mol. The van der Waals surface area contributed by atoms with Gasteiger partial charge in [0.15, 0.2) is 5.96 Å². The van der Waals surface area contributed by atoms with Crippen molar-refractivity contribution in [2.75, 3.05) is 39.8 Å². The lowest BCUT2D eigenvalue weighted by atomic mass is 10.1. The molecule has 2 heterocycles. The number of nitrogens with zero attached hydrogens (tertiary/aromatic N) is 3. The Labute approximate surface area is 138 Å². The van der Waals surface area contributed by atoms with E-state index < -0.39 is 0 Å². The van der Waals surface area contributed by atoms with Gasteiger partial charge in [0.25, 0.3) is 0 Å². The molecule has 126 valence electrons. The van der Waals surface area contributed by atoms with Crippen molar-refractivity contribution < 1.29 is 4.74 Å². The van der Waals surface area contributed by atoms with Crippen molar-refractivity contribution in [2.45, 2.75) is 18.9 Å². The van der Waals surface area contributed by atoms with E-state index in [0.29, 0.717) is 19.2 Å². The van der Waals surface area contributed by atoms with Gasteiger partial charge in [-0.3, -0.25) is 14.9 Å². The maximum atomic E-state index is 5.61. The van der Waals surface area contributed by atoms with Crippen LogP contribution >= 0.6 is 0 Å². The minimum atomic E-state index is 0.474. The molecule has 0 spiro atoms. The molecule has 1 aromatic rings. The Morgan fingerprint density at radius 3 is 3.00 bits per heavy atom. The maximum Gasteiger partial charge on any atom is 0.191 e. The number of hydrogen-bond donors (Lipinski definition) is 2. The van der Waals surface area contributed by atoms with Crippen LogP contribution in [-0.4, -0.2) is 61.7 Å². The third-order valence-corrected chi connectivity index (χ3v) is 3.84. The van der Waals surface area contributed by atoms with Crippen LogP contribution in [0.15, 0.2) is 42.2 Å². The molecule has 0 amide bonds. The van der Waals surface area contributed by atoms with Crippen molar-refractivity contribution in [3.63, 3.8) is 0 Å². The van der Waals surface area contributed by atoms with Crippen LogP contribution in [0.4, 0.5) is 0 Å². The fourth-order valence-electron chi connectivity index (χ4n) is 2.60. The van der Waals surface area contributed by atoms with E-state index in [1.165, 1.54) is 0 Å². The Morgan fingerprint density at radius 2 is 2.35 bits per heavy atom. The number of nitrogens with one attached hydrogen (secondary N) is 2. The molecule has 0 atom stereocenters. The minimum absolute atomic E-state index is 0.474. The Balaban J connectivity index is 1.63. The van der Waals surface area contributed by atoms with Crippen LogP contribution < -0.4 is 15.4 Å². The first-order valence-corrected chi connectivity index (χ1v) is 8.15. The van der Waals surface area contributed by atoms with E-state index in [9.17, 15) is 0 Å². The highest BCUT2D eigenvalue weighted by Gasteiger charge is 2.18. The van der Waals surface area contributed by atoms with E-state index in [-0.39, 0.29) is 0 Å². The van der Waals surface area contributed by atoms with Crippen LogP contribution in [0.2, 0.25) is 0 Å². The topological polar surface area (TPSA) is 61.8 Å². The van der Waals surface area contributed by atoms with Crippen LogP contribution in [0, 0.1) is 0 Å². The summed E-state index contributed by atoms with van der Waals surface area (Å²) in [5, 5.41) is 6.77. The summed E-state index contributed by atoms with van der Waals surface area (Å²) in [5.74, 6) is 1.62. The molecular formula is C17H27N5O. The van der Waals surface area contributed by atoms with Gasteiger partial charge in [0.1, 0.15) is 12.4 Å². The zero-order chi connectivity index (χ0) is 16.3. The Morgan fingerprint density at radius 1 is 1.52 bits per heavy atom. The fourth-order valence-corrected chi connectivity index (χ4v) is 2.60. The molecule has 0 radical (unpaired) electrons. The molecule has 1 fully saturated rings. The average molecular weight is 317 g/mol. The molecule has 6 nitrogen and oxygen atoms in total. The van der Waals surface area contributed by atoms with Gasteiger partial charge in [-0.25, -0.2) is 0 Å². The molecule has 1 aliphatic rings. The number of pyridine rings is 1. The normalized spacial score (nSPS) is 16.8. The van der Waals surface area contributed by atoms with Crippen molar-refractivity contribution >= 4 is 5.96 Å². The molecule has 0 bridgehead atoms. The monoisotopic (exact) mass is 317 g/mol. The molecular weight excluding hydrogens is 290 g/mol. The molecule has 1 saturated heterocycles. The molecule has 0 aliphatic carbocycles. The van der Waals surface area contributed by atoms with Gasteiger partial charge in [-0.1, -0.05) is 6.08 Å². The number of ether oxygens (including phenoxy) is 1. The summed E-state index contributed by atoms with van der Waals surface area (Å²) in [6.45, 7) is 8.25. The third kappa shape index (κ3) is 6.28. The first kappa shape index (κ1) is 17.3. The number of hydrogen-bond acceptors (Lipinski definition) is 4. The van der Waals surface area contributed by atoms with Crippen LogP contribution in [0.1, 0.15) is 12.8 Å². The minimum Gasteiger partial charge on any atom is -0.490 e. The van der Waals surface area contributed by atoms with E-state index >= 15 is 0 Å². The average Bonchev–Trinajstić information content (AvgIpc) is 2.60. The van der Waals surface area contributed by atoms with Crippen molar-refractivity contribution in [1.82, 2.24) is 20.5 Å². The lowest BCUT2D eigenvalue weighted by molar-refractivity contribution is 0.225. The smallest absolute Gasteiger partial charge is 0.191 e. The first-order valence-electron chi connectivity index (χ1n) is 8.15. The van der Waals surface area contributed by atoms with Crippen molar-refractivity contribution in [3.05, 3.63) is 37.2 Å². The molecule has 0 saturated carbocycles. The van der Waals surface area contributed by atoms with Gasteiger partial charge < -0.3 is 15.4 Å². The Kier molecular flexibility index (Phi) is 7.39. The Bertz CT molecular complexity index is 483. The molecule has 1 aromatic heterocycles. The number of guanidine groups is 1. The highest BCUT2D eigenvalue weighted by atomic mass is 16.5. The Hall–Kier alpha value is -2.08. The summed E-state index contributed by atoms with van der Waals surface area (Å²) in [7, 11) is 1.80. The van der Waals surface area contributed by atoms with Crippen molar-refractivity contribution in [1.29, 1.82) is 0 Å². The molecule has 1 aliphatic heterocycles. The van der Waals surface area contributed by atoms with E-state index in [4.69, 9.17) is 4.74 Å². The molecule has 0 aromatic carbocycles. The lowest BCUT2D eigenvalue weighted by Crippen LogP contribution is -2.49. The van der Waals surface area contributed by atoms with Gasteiger partial charge >= 0.3 is 0 Å². The van der Waals surface area contributed by atoms with Crippen LogP contribution in [0.5, 0.6) is 5.75 Å². The lowest BCUT2D eigenvalue weighted by Gasteiger charge is -2.32. The summed E-state index contributed by atoms with van der Waals surface area (Å²) in [6.07, 6.45) is 7.67. The molecule has 2 N–H and O–H groups in total. The van der Waals surface area contributed by atoms with Gasteiger partial charge in [0.2, 0.25) is 0 Å². The van der Waals surface area contributed by atoms with Crippen LogP contribution in [0.3, 0.4) is 0 Å². The van der Waals surface area contributed by atoms with Crippen LogP contribution in [-0.2, 0) is 0 Å². The van der Waals surface area contributed by atoms with Crippen molar-refractivity contribution in [2.24, 2.45) is 4.99 Å². The van der Waals surface area contributed by atoms with E-state index in [2.05, 4.69) is 32.1 Å². The molecule has 6 heteroatoms. The summed E-state index contributed by atoms with van der Waals surface area (Å²) < 4.78 is 5.61. The van der Waals surface area contributed by atoms with E-state index in [1.54, 1.807) is 19.4 Å². The number of likely N-dealkylation sites (tertiary alicyclic amines) is 1.